The number of hydrogen-bond acceptors (Lipinski definition) is 5. The molecule has 3 heterocycles. The Labute approximate surface area is 179 Å². The number of likely N-dealkylation sites (tertiary alicyclic amines) is 1. The summed E-state index contributed by atoms with van der Waals surface area (Å²) in [5, 5.41) is 5.32. The lowest BCUT2D eigenvalue weighted by atomic mass is 9.89. The minimum absolute atomic E-state index is 0.0523. The maximum absolute atomic E-state index is 13.1. The zero-order chi connectivity index (χ0) is 22.1. The number of piperidine rings is 1. The third-order valence-corrected chi connectivity index (χ3v) is 5.69. The van der Waals surface area contributed by atoms with Crippen molar-refractivity contribution in [3.05, 3.63) is 53.3 Å². The topological polar surface area (TPSA) is 134 Å². The van der Waals surface area contributed by atoms with E-state index in [0.717, 1.165) is 29.7 Å². The molecule has 0 saturated carbocycles. The third-order valence-electron chi connectivity index (χ3n) is 5.69. The Bertz CT molecular complexity index is 1080. The SMILES string of the molecule is CC1CCC(c2ccc3c(c2)CC(=O)N3)N(C(=O)C(=O)Nc2cncc(C(N)=O)c2)C1. The highest BCUT2D eigenvalue weighted by atomic mass is 16.2. The number of benzene rings is 1. The molecule has 2 aliphatic rings. The van der Waals surface area contributed by atoms with Gasteiger partial charge in [-0.05, 0) is 42.0 Å². The molecule has 4 rings (SSSR count). The largest absolute Gasteiger partial charge is 0.366 e. The van der Waals surface area contributed by atoms with Gasteiger partial charge in [-0.1, -0.05) is 19.1 Å². The van der Waals surface area contributed by atoms with E-state index >= 15 is 0 Å². The van der Waals surface area contributed by atoms with Gasteiger partial charge in [0.15, 0.2) is 0 Å². The molecule has 4 amide bonds. The molecule has 1 aromatic heterocycles. The van der Waals surface area contributed by atoms with E-state index in [-0.39, 0.29) is 29.1 Å². The standard InChI is InChI=1S/C22H23N5O4/c1-12-2-5-18(13-3-4-17-14(6-13)8-19(28)26-17)27(11-12)22(31)21(30)25-16-7-15(20(23)29)9-24-10-16/h3-4,6-7,9-10,12,18H,2,5,8,11H2,1H3,(H2,23,29)(H,25,30)(H,26,28). The fraction of sp³-hybridized carbons (Fsp3) is 0.318. The van der Waals surface area contributed by atoms with Gasteiger partial charge in [0, 0.05) is 18.4 Å². The molecule has 2 unspecified atom stereocenters. The molecule has 1 saturated heterocycles. The van der Waals surface area contributed by atoms with E-state index in [0.29, 0.717) is 13.0 Å². The van der Waals surface area contributed by atoms with Gasteiger partial charge in [-0.3, -0.25) is 24.2 Å². The number of nitrogens with two attached hydrogens (primary N) is 1. The zero-order valence-electron chi connectivity index (χ0n) is 17.1. The van der Waals surface area contributed by atoms with Crippen LogP contribution in [0.3, 0.4) is 0 Å². The van der Waals surface area contributed by atoms with Gasteiger partial charge in [-0.25, -0.2) is 0 Å². The maximum Gasteiger partial charge on any atom is 0.313 e. The summed E-state index contributed by atoms with van der Waals surface area (Å²) in [6.07, 6.45) is 4.59. The van der Waals surface area contributed by atoms with Gasteiger partial charge in [-0.15, -0.1) is 0 Å². The number of carbonyl (C=O) groups is 4. The van der Waals surface area contributed by atoms with Crippen LogP contribution in [0.15, 0.2) is 36.7 Å². The normalized spacial score (nSPS) is 20.0. The predicted molar refractivity (Wildman–Crippen MR) is 113 cm³/mol. The highest BCUT2D eigenvalue weighted by Crippen LogP contribution is 2.36. The molecule has 31 heavy (non-hydrogen) atoms. The van der Waals surface area contributed by atoms with Crippen molar-refractivity contribution in [2.24, 2.45) is 11.7 Å². The summed E-state index contributed by atoms with van der Waals surface area (Å²) in [4.78, 5) is 54.2. The summed E-state index contributed by atoms with van der Waals surface area (Å²) in [5.74, 6) is -1.94. The number of rotatable bonds is 3. The Balaban J connectivity index is 1.55. The molecule has 9 heteroatoms. The number of anilines is 2. The molecule has 9 nitrogen and oxygen atoms in total. The van der Waals surface area contributed by atoms with Crippen LogP contribution in [0.1, 0.15) is 47.3 Å². The number of hydrogen-bond donors (Lipinski definition) is 3. The van der Waals surface area contributed by atoms with E-state index in [4.69, 9.17) is 5.73 Å². The molecule has 0 spiro atoms. The Morgan fingerprint density at radius 1 is 1.19 bits per heavy atom. The number of fused-ring (bicyclic) bond motifs is 1. The highest BCUT2D eigenvalue weighted by Gasteiger charge is 2.35. The van der Waals surface area contributed by atoms with Crippen LogP contribution in [-0.4, -0.2) is 40.1 Å². The van der Waals surface area contributed by atoms with E-state index in [1.54, 1.807) is 4.90 Å². The second kappa shape index (κ2) is 8.17. The van der Waals surface area contributed by atoms with Crippen molar-refractivity contribution in [3.63, 3.8) is 0 Å². The minimum atomic E-state index is -0.805. The first kappa shape index (κ1) is 20.5. The van der Waals surface area contributed by atoms with Crippen LogP contribution >= 0.6 is 0 Å². The average molecular weight is 421 g/mol. The van der Waals surface area contributed by atoms with Crippen molar-refractivity contribution in [3.8, 4) is 0 Å². The summed E-state index contributed by atoms with van der Waals surface area (Å²) in [6.45, 7) is 2.49. The number of pyridine rings is 1. The molecule has 1 aromatic carbocycles. The Morgan fingerprint density at radius 3 is 2.77 bits per heavy atom. The summed E-state index contributed by atoms with van der Waals surface area (Å²) < 4.78 is 0. The number of amides is 4. The second-order valence-electron chi connectivity index (χ2n) is 8.08. The average Bonchev–Trinajstić information content (AvgIpc) is 3.12. The first-order valence-electron chi connectivity index (χ1n) is 10.1. The number of primary amides is 1. The van der Waals surface area contributed by atoms with Crippen LogP contribution in [0.25, 0.3) is 0 Å². The van der Waals surface area contributed by atoms with Gasteiger partial charge in [0.2, 0.25) is 11.8 Å². The monoisotopic (exact) mass is 421 g/mol. The van der Waals surface area contributed by atoms with Crippen LogP contribution in [-0.2, 0) is 20.8 Å². The predicted octanol–water partition coefficient (Wildman–Crippen LogP) is 1.61. The van der Waals surface area contributed by atoms with Crippen LogP contribution in [0.4, 0.5) is 11.4 Å². The van der Waals surface area contributed by atoms with Gasteiger partial charge in [0.05, 0.1) is 29.9 Å². The molecule has 0 radical (unpaired) electrons. The van der Waals surface area contributed by atoms with Gasteiger partial charge in [0.25, 0.3) is 0 Å². The molecule has 0 aliphatic carbocycles. The first-order valence-corrected chi connectivity index (χ1v) is 10.1. The molecule has 160 valence electrons. The first-order chi connectivity index (χ1) is 14.8. The van der Waals surface area contributed by atoms with Crippen molar-refractivity contribution in [1.82, 2.24) is 9.88 Å². The maximum atomic E-state index is 13.1. The number of carbonyl (C=O) groups excluding carboxylic acids is 4. The van der Waals surface area contributed by atoms with E-state index in [1.165, 1.54) is 18.5 Å². The Morgan fingerprint density at radius 2 is 2.00 bits per heavy atom. The lowest BCUT2D eigenvalue weighted by molar-refractivity contribution is -0.146. The molecule has 1 fully saturated rings. The molecule has 2 aromatic rings. The fourth-order valence-electron chi connectivity index (χ4n) is 4.14. The van der Waals surface area contributed by atoms with Crippen LogP contribution in [0.2, 0.25) is 0 Å². The smallest absolute Gasteiger partial charge is 0.313 e. The lowest BCUT2D eigenvalue weighted by Gasteiger charge is -2.38. The number of nitrogens with one attached hydrogen (secondary N) is 2. The molecular weight excluding hydrogens is 398 g/mol. The highest BCUT2D eigenvalue weighted by molar-refractivity contribution is 6.39. The molecule has 2 atom stereocenters. The van der Waals surface area contributed by atoms with Gasteiger partial charge >= 0.3 is 11.8 Å². The molecule has 4 N–H and O–H groups in total. The Hall–Kier alpha value is -3.75. The zero-order valence-corrected chi connectivity index (χ0v) is 17.1. The van der Waals surface area contributed by atoms with E-state index in [9.17, 15) is 19.2 Å². The van der Waals surface area contributed by atoms with E-state index in [2.05, 4.69) is 15.6 Å². The van der Waals surface area contributed by atoms with Gasteiger partial charge in [-0.2, -0.15) is 0 Å². The van der Waals surface area contributed by atoms with Crippen molar-refractivity contribution in [1.29, 1.82) is 0 Å². The lowest BCUT2D eigenvalue weighted by Crippen LogP contribution is -2.46. The van der Waals surface area contributed by atoms with Crippen LogP contribution < -0.4 is 16.4 Å². The molecule has 2 aliphatic heterocycles. The van der Waals surface area contributed by atoms with Gasteiger partial charge < -0.3 is 21.3 Å². The summed E-state index contributed by atoms with van der Waals surface area (Å²) in [5.41, 5.74) is 8.19. The van der Waals surface area contributed by atoms with Crippen molar-refractivity contribution in [2.45, 2.75) is 32.2 Å². The summed E-state index contributed by atoms with van der Waals surface area (Å²) in [7, 11) is 0. The quantitative estimate of drug-likeness (QED) is 0.647. The summed E-state index contributed by atoms with van der Waals surface area (Å²) >= 11 is 0. The number of aromatic nitrogens is 1. The fourth-order valence-corrected chi connectivity index (χ4v) is 4.14. The van der Waals surface area contributed by atoms with Crippen molar-refractivity contribution in [2.75, 3.05) is 17.2 Å². The van der Waals surface area contributed by atoms with Crippen LogP contribution in [0.5, 0.6) is 0 Å². The second-order valence-corrected chi connectivity index (χ2v) is 8.08. The molecule has 0 bridgehead atoms. The molecular formula is C22H23N5O4. The third kappa shape index (κ3) is 4.25. The summed E-state index contributed by atoms with van der Waals surface area (Å²) in [6, 6.07) is 6.79. The van der Waals surface area contributed by atoms with Crippen LogP contribution in [0, 0.1) is 5.92 Å². The van der Waals surface area contributed by atoms with Crippen molar-refractivity contribution >= 4 is 35.0 Å². The van der Waals surface area contributed by atoms with E-state index < -0.39 is 17.7 Å². The Kier molecular flexibility index (Phi) is 5.41. The van der Waals surface area contributed by atoms with E-state index in [1.807, 2.05) is 25.1 Å². The van der Waals surface area contributed by atoms with Crippen molar-refractivity contribution < 1.29 is 19.2 Å². The minimum Gasteiger partial charge on any atom is -0.366 e. The number of nitrogens with zero attached hydrogens (tertiary/aromatic N) is 2. The van der Waals surface area contributed by atoms with Gasteiger partial charge in [0.1, 0.15) is 0 Å².